The van der Waals surface area contributed by atoms with Crippen LogP contribution < -0.4 is 11.1 Å². The van der Waals surface area contributed by atoms with Crippen LogP contribution in [-0.2, 0) is 4.79 Å². The van der Waals surface area contributed by atoms with Crippen molar-refractivity contribution in [2.45, 2.75) is 52.1 Å². The number of amides is 1. The van der Waals surface area contributed by atoms with Crippen molar-refractivity contribution in [2.24, 2.45) is 5.73 Å². The van der Waals surface area contributed by atoms with Gasteiger partial charge in [-0.2, -0.15) is 0 Å². The van der Waals surface area contributed by atoms with Crippen molar-refractivity contribution >= 4 is 43.1 Å². The number of piperazine rings is 1. The van der Waals surface area contributed by atoms with E-state index in [0.29, 0.717) is 12.6 Å². The molecule has 0 spiro atoms. The molecule has 0 aliphatic carbocycles. The van der Waals surface area contributed by atoms with Gasteiger partial charge < -0.3 is 16.0 Å². The van der Waals surface area contributed by atoms with E-state index in [1.807, 2.05) is 13.8 Å². The fraction of sp³-hybridized carbons (Fsp3) is 0.933. The van der Waals surface area contributed by atoms with Crippen molar-refractivity contribution in [3.05, 3.63) is 0 Å². The quantitative estimate of drug-likeness (QED) is 0.693. The number of rotatable bonds is 7. The number of likely N-dealkylation sites (N-methyl/N-ethyl adjacent to an activating group) is 1. The lowest BCUT2D eigenvalue weighted by molar-refractivity contribution is -0.126. The van der Waals surface area contributed by atoms with Gasteiger partial charge in [-0.1, -0.05) is 20.3 Å². The zero-order chi connectivity index (χ0) is 15.2. The van der Waals surface area contributed by atoms with Crippen LogP contribution >= 0.6 is 37.2 Å². The third-order valence-electron chi connectivity index (χ3n) is 4.32. The second kappa shape index (κ2) is 13.5. The lowest BCUT2D eigenvalue weighted by Crippen LogP contribution is -2.56. The van der Waals surface area contributed by atoms with Gasteiger partial charge in [0.2, 0.25) is 5.91 Å². The van der Waals surface area contributed by atoms with Gasteiger partial charge in [-0.05, 0) is 26.8 Å². The highest BCUT2D eigenvalue weighted by Crippen LogP contribution is 2.09. The van der Waals surface area contributed by atoms with Gasteiger partial charge in [0.05, 0.1) is 5.54 Å². The number of carbonyl (C=O) groups is 1. The molecule has 0 saturated carbocycles. The molecule has 1 aliphatic heterocycles. The highest BCUT2D eigenvalue weighted by Gasteiger charge is 2.28. The minimum absolute atomic E-state index is 0. The summed E-state index contributed by atoms with van der Waals surface area (Å²) in [4.78, 5) is 17.0. The van der Waals surface area contributed by atoms with Gasteiger partial charge in [0.15, 0.2) is 0 Å². The first-order chi connectivity index (χ1) is 9.40. The van der Waals surface area contributed by atoms with E-state index < -0.39 is 5.54 Å². The summed E-state index contributed by atoms with van der Waals surface area (Å²) in [5.41, 5.74) is 5.30. The standard InChI is InChI=1S/C15H32N4O.3ClH/c1-5-7-15(4,16)14(20)17-12-13(3)19-10-8-18(6-2)9-11-19;;;/h13H,5-12,16H2,1-4H3,(H,17,20);3*1H. The van der Waals surface area contributed by atoms with Crippen LogP contribution in [0.25, 0.3) is 0 Å². The van der Waals surface area contributed by atoms with Gasteiger partial charge in [0, 0.05) is 38.8 Å². The number of carbonyl (C=O) groups excluding carboxylic acids is 1. The molecule has 142 valence electrons. The number of hydrogen-bond donors (Lipinski definition) is 2. The van der Waals surface area contributed by atoms with Gasteiger partial charge in [0.1, 0.15) is 0 Å². The van der Waals surface area contributed by atoms with E-state index in [9.17, 15) is 4.79 Å². The van der Waals surface area contributed by atoms with E-state index in [-0.39, 0.29) is 43.1 Å². The molecule has 0 aromatic carbocycles. The molecule has 8 heteroatoms. The van der Waals surface area contributed by atoms with Crippen LogP contribution in [0.1, 0.15) is 40.5 Å². The van der Waals surface area contributed by atoms with E-state index >= 15 is 0 Å². The molecule has 0 aromatic heterocycles. The second-order valence-electron chi connectivity index (χ2n) is 6.20. The highest BCUT2D eigenvalue weighted by atomic mass is 35.5. The Morgan fingerprint density at radius 2 is 1.70 bits per heavy atom. The van der Waals surface area contributed by atoms with Gasteiger partial charge in [-0.25, -0.2) is 0 Å². The second-order valence-corrected chi connectivity index (χ2v) is 6.20. The topological polar surface area (TPSA) is 61.6 Å². The van der Waals surface area contributed by atoms with Crippen molar-refractivity contribution in [2.75, 3.05) is 39.3 Å². The number of nitrogens with two attached hydrogens (primary N) is 1. The molecular weight excluding hydrogens is 359 g/mol. The Hall–Kier alpha value is 0.220. The Morgan fingerprint density at radius 1 is 1.17 bits per heavy atom. The predicted molar refractivity (Wildman–Crippen MR) is 105 cm³/mol. The van der Waals surface area contributed by atoms with Crippen LogP contribution in [0.5, 0.6) is 0 Å². The summed E-state index contributed by atoms with van der Waals surface area (Å²) in [6, 6.07) is 0.371. The van der Waals surface area contributed by atoms with Gasteiger partial charge >= 0.3 is 0 Å². The van der Waals surface area contributed by atoms with E-state index in [2.05, 4.69) is 29.0 Å². The number of nitrogens with one attached hydrogen (secondary N) is 1. The van der Waals surface area contributed by atoms with Crippen LogP contribution in [0, 0.1) is 0 Å². The van der Waals surface area contributed by atoms with E-state index in [4.69, 9.17) is 5.73 Å². The molecule has 0 aromatic rings. The third kappa shape index (κ3) is 9.32. The molecule has 1 aliphatic rings. The Kier molecular flexibility index (Phi) is 16.5. The summed E-state index contributed by atoms with van der Waals surface area (Å²) in [6.45, 7) is 14.5. The first-order valence-corrected chi connectivity index (χ1v) is 7.94. The predicted octanol–water partition coefficient (Wildman–Crippen LogP) is 1.91. The zero-order valence-electron chi connectivity index (χ0n) is 14.8. The molecule has 5 nitrogen and oxygen atoms in total. The molecular formula is C15H35Cl3N4O. The molecule has 3 N–H and O–H groups in total. The Balaban J connectivity index is -0.00000133. The smallest absolute Gasteiger partial charge is 0.239 e. The Morgan fingerprint density at radius 3 is 2.13 bits per heavy atom. The summed E-state index contributed by atoms with van der Waals surface area (Å²) in [5.74, 6) is -0.0293. The molecule has 1 amide bonds. The molecule has 1 saturated heterocycles. The van der Waals surface area contributed by atoms with Gasteiger partial charge in [0.25, 0.3) is 0 Å². The van der Waals surface area contributed by atoms with Gasteiger partial charge in [-0.15, -0.1) is 37.2 Å². The van der Waals surface area contributed by atoms with Crippen molar-refractivity contribution in [3.8, 4) is 0 Å². The minimum Gasteiger partial charge on any atom is -0.353 e. The monoisotopic (exact) mass is 392 g/mol. The lowest BCUT2D eigenvalue weighted by atomic mass is 9.96. The molecule has 2 atom stereocenters. The maximum Gasteiger partial charge on any atom is 0.239 e. The number of halogens is 3. The summed E-state index contributed by atoms with van der Waals surface area (Å²) in [5, 5.41) is 3.01. The van der Waals surface area contributed by atoms with Crippen molar-refractivity contribution in [1.82, 2.24) is 15.1 Å². The van der Waals surface area contributed by atoms with Crippen LogP contribution in [0.3, 0.4) is 0 Å². The Bertz CT molecular complexity index is 311. The van der Waals surface area contributed by atoms with E-state index in [0.717, 1.165) is 45.6 Å². The van der Waals surface area contributed by atoms with Crippen molar-refractivity contribution < 1.29 is 4.79 Å². The molecule has 0 radical (unpaired) electrons. The maximum absolute atomic E-state index is 12.1. The zero-order valence-corrected chi connectivity index (χ0v) is 17.3. The first-order valence-electron chi connectivity index (χ1n) is 7.94. The number of hydrogen-bond acceptors (Lipinski definition) is 4. The summed E-state index contributed by atoms with van der Waals surface area (Å²) in [7, 11) is 0. The summed E-state index contributed by atoms with van der Waals surface area (Å²) < 4.78 is 0. The fourth-order valence-electron chi connectivity index (χ4n) is 2.72. The highest BCUT2D eigenvalue weighted by molar-refractivity contribution is 5.86. The lowest BCUT2D eigenvalue weighted by Gasteiger charge is -2.38. The average Bonchev–Trinajstić information content (AvgIpc) is 2.44. The largest absolute Gasteiger partial charge is 0.353 e. The van der Waals surface area contributed by atoms with E-state index in [1.54, 1.807) is 0 Å². The van der Waals surface area contributed by atoms with Gasteiger partial charge in [-0.3, -0.25) is 9.69 Å². The first kappa shape index (κ1) is 28.0. The Labute approximate surface area is 160 Å². The molecule has 23 heavy (non-hydrogen) atoms. The van der Waals surface area contributed by atoms with Crippen LogP contribution in [0.15, 0.2) is 0 Å². The van der Waals surface area contributed by atoms with Crippen LogP contribution in [0.2, 0.25) is 0 Å². The third-order valence-corrected chi connectivity index (χ3v) is 4.32. The molecule has 1 fully saturated rings. The molecule has 1 heterocycles. The normalized spacial score (nSPS) is 19.3. The average molecular weight is 394 g/mol. The minimum atomic E-state index is -0.741. The molecule has 1 rings (SSSR count). The van der Waals surface area contributed by atoms with Crippen molar-refractivity contribution in [1.29, 1.82) is 0 Å². The fourth-order valence-corrected chi connectivity index (χ4v) is 2.72. The number of nitrogens with zero attached hydrogens (tertiary/aromatic N) is 2. The molecule has 2 unspecified atom stereocenters. The SMILES string of the molecule is CCCC(C)(N)C(=O)NCC(C)N1CCN(CC)CC1.Cl.Cl.Cl. The summed E-state index contributed by atoms with van der Waals surface area (Å²) in [6.07, 6.45) is 1.65. The van der Waals surface area contributed by atoms with Crippen molar-refractivity contribution in [3.63, 3.8) is 0 Å². The molecule has 0 bridgehead atoms. The maximum atomic E-state index is 12.1. The van der Waals surface area contributed by atoms with E-state index in [1.165, 1.54) is 0 Å². The van der Waals surface area contributed by atoms with Crippen LogP contribution in [-0.4, -0.2) is 66.6 Å². The summed E-state index contributed by atoms with van der Waals surface area (Å²) >= 11 is 0. The van der Waals surface area contributed by atoms with Crippen LogP contribution in [0.4, 0.5) is 0 Å².